The largest absolute Gasteiger partial charge is 0.497 e. The van der Waals surface area contributed by atoms with Crippen molar-refractivity contribution >= 4 is 23.0 Å². The predicted molar refractivity (Wildman–Crippen MR) is 93.6 cm³/mol. The molecule has 0 spiro atoms. The smallest absolute Gasteiger partial charge is 0.119 e. The van der Waals surface area contributed by atoms with Gasteiger partial charge in [0.1, 0.15) is 11.8 Å². The summed E-state index contributed by atoms with van der Waals surface area (Å²) in [5.41, 5.74) is 2.80. The number of piperazine rings is 1. The van der Waals surface area contributed by atoms with Gasteiger partial charge in [-0.15, -0.1) is 0 Å². The Balaban J connectivity index is 1.70. The Hall–Kier alpha value is -2.38. The molecular formula is C18H18ClN3O. The molecule has 0 amide bonds. The Kier molecular flexibility index (Phi) is 4.59. The Morgan fingerprint density at radius 1 is 1.00 bits per heavy atom. The SMILES string of the molecule is COc1ccc(N2CCN(c3ccc(Cl)cc3C#N)CC2)cc1. The van der Waals surface area contributed by atoms with Crippen LogP contribution in [0.5, 0.6) is 5.75 Å². The van der Waals surface area contributed by atoms with Crippen LogP contribution < -0.4 is 14.5 Å². The Labute approximate surface area is 141 Å². The lowest BCUT2D eigenvalue weighted by atomic mass is 10.1. The lowest BCUT2D eigenvalue weighted by Crippen LogP contribution is -2.46. The molecule has 5 heteroatoms. The fourth-order valence-corrected chi connectivity index (χ4v) is 3.04. The minimum Gasteiger partial charge on any atom is -0.497 e. The molecule has 0 aromatic heterocycles. The normalized spacial score (nSPS) is 14.5. The number of ether oxygens (including phenoxy) is 1. The molecule has 0 atom stereocenters. The fraction of sp³-hybridized carbons (Fsp3) is 0.278. The van der Waals surface area contributed by atoms with E-state index in [-0.39, 0.29) is 0 Å². The molecule has 3 rings (SSSR count). The number of halogens is 1. The Bertz CT molecular complexity index is 716. The van der Waals surface area contributed by atoms with Crippen molar-refractivity contribution in [3.05, 3.63) is 53.1 Å². The minimum atomic E-state index is 0.599. The maximum absolute atomic E-state index is 9.30. The fourth-order valence-electron chi connectivity index (χ4n) is 2.87. The first-order valence-electron chi connectivity index (χ1n) is 7.55. The molecule has 1 saturated heterocycles. The molecule has 0 saturated carbocycles. The van der Waals surface area contributed by atoms with Gasteiger partial charge >= 0.3 is 0 Å². The second kappa shape index (κ2) is 6.80. The number of methoxy groups -OCH3 is 1. The van der Waals surface area contributed by atoms with Crippen molar-refractivity contribution in [3.8, 4) is 11.8 Å². The van der Waals surface area contributed by atoms with Crippen LogP contribution >= 0.6 is 11.6 Å². The topological polar surface area (TPSA) is 39.5 Å². The zero-order valence-electron chi connectivity index (χ0n) is 13.0. The van der Waals surface area contributed by atoms with Gasteiger partial charge in [0, 0.05) is 36.9 Å². The molecule has 4 nitrogen and oxygen atoms in total. The highest BCUT2D eigenvalue weighted by Crippen LogP contribution is 2.26. The van der Waals surface area contributed by atoms with Crippen LogP contribution in [-0.2, 0) is 0 Å². The van der Waals surface area contributed by atoms with Crippen molar-refractivity contribution in [2.45, 2.75) is 0 Å². The van der Waals surface area contributed by atoms with Gasteiger partial charge in [-0.3, -0.25) is 0 Å². The van der Waals surface area contributed by atoms with Crippen molar-refractivity contribution in [2.24, 2.45) is 0 Å². The summed E-state index contributed by atoms with van der Waals surface area (Å²) in [7, 11) is 1.67. The molecule has 2 aromatic carbocycles. The average Bonchev–Trinajstić information content (AvgIpc) is 2.62. The third-order valence-corrected chi connectivity index (χ3v) is 4.37. The van der Waals surface area contributed by atoms with Crippen LogP contribution in [0.15, 0.2) is 42.5 Å². The van der Waals surface area contributed by atoms with Crippen molar-refractivity contribution in [3.63, 3.8) is 0 Å². The number of nitriles is 1. The van der Waals surface area contributed by atoms with Gasteiger partial charge in [0.15, 0.2) is 0 Å². The van der Waals surface area contributed by atoms with Gasteiger partial charge in [0.05, 0.1) is 18.4 Å². The van der Waals surface area contributed by atoms with Crippen molar-refractivity contribution in [2.75, 3.05) is 43.1 Å². The van der Waals surface area contributed by atoms with E-state index in [2.05, 4.69) is 28.0 Å². The molecule has 0 N–H and O–H groups in total. The molecule has 1 aliphatic rings. The van der Waals surface area contributed by atoms with E-state index >= 15 is 0 Å². The van der Waals surface area contributed by atoms with Crippen molar-refractivity contribution in [1.82, 2.24) is 0 Å². The molecule has 118 valence electrons. The predicted octanol–water partition coefficient (Wildman–Crippen LogP) is 3.55. The summed E-state index contributed by atoms with van der Waals surface area (Å²) in [6, 6.07) is 15.9. The summed E-state index contributed by atoms with van der Waals surface area (Å²) in [4.78, 5) is 4.59. The number of hydrogen-bond acceptors (Lipinski definition) is 4. The van der Waals surface area contributed by atoms with E-state index in [1.165, 1.54) is 5.69 Å². The molecule has 1 heterocycles. The molecule has 23 heavy (non-hydrogen) atoms. The molecule has 0 aliphatic carbocycles. The van der Waals surface area contributed by atoms with Gasteiger partial charge in [-0.1, -0.05) is 11.6 Å². The molecular weight excluding hydrogens is 310 g/mol. The van der Waals surface area contributed by atoms with Crippen LogP contribution in [0.4, 0.5) is 11.4 Å². The highest BCUT2D eigenvalue weighted by molar-refractivity contribution is 6.30. The summed E-state index contributed by atoms with van der Waals surface area (Å²) in [5.74, 6) is 0.868. The lowest BCUT2D eigenvalue weighted by Gasteiger charge is -2.37. The molecule has 2 aromatic rings. The van der Waals surface area contributed by atoms with Crippen LogP contribution in [0.3, 0.4) is 0 Å². The first-order valence-corrected chi connectivity index (χ1v) is 7.92. The van der Waals surface area contributed by atoms with E-state index in [4.69, 9.17) is 16.3 Å². The number of rotatable bonds is 3. The van der Waals surface area contributed by atoms with Crippen LogP contribution in [-0.4, -0.2) is 33.3 Å². The maximum atomic E-state index is 9.30. The first kappa shape index (κ1) is 15.5. The van der Waals surface area contributed by atoms with Gasteiger partial charge in [0.25, 0.3) is 0 Å². The number of nitrogens with zero attached hydrogens (tertiary/aromatic N) is 3. The minimum absolute atomic E-state index is 0.599. The van der Waals surface area contributed by atoms with Crippen LogP contribution in [0.25, 0.3) is 0 Å². The standard InChI is InChI=1S/C18H18ClN3O/c1-23-17-5-3-16(4-6-17)21-8-10-22(11-9-21)18-7-2-15(19)12-14(18)13-20/h2-7,12H,8-11H2,1H3. The highest BCUT2D eigenvalue weighted by atomic mass is 35.5. The second-order valence-corrected chi connectivity index (χ2v) is 5.88. The maximum Gasteiger partial charge on any atom is 0.119 e. The number of hydrogen-bond donors (Lipinski definition) is 0. The van der Waals surface area contributed by atoms with E-state index in [1.54, 1.807) is 13.2 Å². The summed E-state index contributed by atoms with van der Waals surface area (Å²) in [6.07, 6.45) is 0. The Morgan fingerprint density at radius 2 is 1.65 bits per heavy atom. The van der Waals surface area contributed by atoms with Crippen molar-refractivity contribution in [1.29, 1.82) is 5.26 Å². The molecule has 1 fully saturated rings. The van der Waals surface area contributed by atoms with E-state index in [0.717, 1.165) is 37.6 Å². The lowest BCUT2D eigenvalue weighted by molar-refractivity contribution is 0.415. The average molecular weight is 328 g/mol. The van der Waals surface area contributed by atoms with Crippen LogP contribution in [0.2, 0.25) is 5.02 Å². The Morgan fingerprint density at radius 3 is 2.26 bits per heavy atom. The summed E-state index contributed by atoms with van der Waals surface area (Å²) >= 11 is 5.97. The zero-order valence-corrected chi connectivity index (χ0v) is 13.8. The molecule has 1 aliphatic heterocycles. The van der Waals surface area contributed by atoms with E-state index < -0.39 is 0 Å². The summed E-state index contributed by atoms with van der Waals surface area (Å²) < 4.78 is 5.20. The van der Waals surface area contributed by atoms with E-state index in [1.807, 2.05) is 24.3 Å². The van der Waals surface area contributed by atoms with Gasteiger partial charge in [-0.2, -0.15) is 5.26 Å². The highest BCUT2D eigenvalue weighted by Gasteiger charge is 2.19. The van der Waals surface area contributed by atoms with Gasteiger partial charge in [-0.05, 0) is 42.5 Å². The van der Waals surface area contributed by atoms with E-state index in [9.17, 15) is 5.26 Å². The van der Waals surface area contributed by atoms with Gasteiger partial charge < -0.3 is 14.5 Å². The third-order valence-electron chi connectivity index (χ3n) is 4.14. The molecule has 0 bridgehead atoms. The van der Waals surface area contributed by atoms with Crippen LogP contribution in [0.1, 0.15) is 5.56 Å². The third kappa shape index (κ3) is 3.35. The second-order valence-electron chi connectivity index (χ2n) is 5.45. The summed E-state index contributed by atoms with van der Waals surface area (Å²) in [6.45, 7) is 3.59. The molecule has 0 radical (unpaired) electrons. The first-order chi connectivity index (χ1) is 11.2. The van der Waals surface area contributed by atoms with Gasteiger partial charge in [0.2, 0.25) is 0 Å². The summed E-state index contributed by atoms with van der Waals surface area (Å²) in [5, 5.41) is 9.89. The number of benzene rings is 2. The molecule has 0 unspecified atom stereocenters. The number of anilines is 2. The van der Waals surface area contributed by atoms with Crippen LogP contribution in [0, 0.1) is 11.3 Å². The van der Waals surface area contributed by atoms with Gasteiger partial charge in [-0.25, -0.2) is 0 Å². The van der Waals surface area contributed by atoms with E-state index in [0.29, 0.717) is 10.6 Å². The zero-order chi connectivity index (χ0) is 16.2. The quantitative estimate of drug-likeness (QED) is 0.864. The van der Waals surface area contributed by atoms with Crippen molar-refractivity contribution < 1.29 is 4.74 Å². The monoisotopic (exact) mass is 327 g/mol.